The van der Waals surface area contributed by atoms with Gasteiger partial charge < -0.3 is 91.3 Å². The average molecular weight is 2150 g/mol. The number of carbonyl (C=O) groups is 9. The molecule has 0 spiro atoms. The highest BCUT2D eigenvalue weighted by molar-refractivity contribution is 14.1. The van der Waals surface area contributed by atoms with Crippen LogP contribution in [-0.2, 0) is 33.6 Å². The summed E-state index contributed by atoms with van der Waals surface area (Å²) in [7, 11) is 3.99. The first-order valence-electron chi connectivity index (χ1n) is 23.2. The number of aliphatic hydroxyl groups is 9. The van der Waals surface area contributed by atoms with Crippen molar-refractivity contribution in [3.63, 3.8) is 0 Å². The Labute approximate surface area is 585 Å². The first kappa shape index (κ1) is 73.1. The zero-order chi connectivity index (χ0) is 61.4. The SMILES string of the molecule is CN(CC(O)CO)C(=O)C1=C(I)C(C(=O)N2CN(C(=O)C3=C(I)C(NC(=O)CO)=C(I)C(C(=O)N(C)CC(O)CO)C3I)CN(C(=O)c3c(I)c(NC(=O)CO)c(I)c(C(=O)N(C)CC(O)CO)c3I)C2)C(I)C(NC(=O)CO)=C1I. The fourth-order valence-corrected chi connectivity index (χ4v) is 22.6. The number of carbonyl (C=O) groups excluding carboxylic acids is 9. The van der Waals surface area contributed by atoms with Crippen LogP contribution in [-0.4, -0.2) is 255 Å². The van der Waals surface area contributed by atoms with Crippen LogP contribution in [0.1, 0.15) is 20.7 Å². The van der Waals surface area contributed by atoms with E-state index in [1.807, 2.05) is 67.8 Å². The van der Waals surface area contributed by atoms with Gasteiger partial charge in [-0.15, -0.1) is 0 Å². The lowest BCUT2D eigenvalue weighted by Crippen LogP contribution is -2.62. The molecular formula is C45H52I9N9O18. The Balaban J connectivity index is 2.08. The van der Waals surface area contributed by atoms with Gasteiger partial charge >= 0.3 is 0 Å². The third kappa shape index (κ3) is 17.1. The van der Waals surface area contributed by atoms with E-state index < -0.39 is 151 Å². The molecule has 1 heterocycles. The zero-order valence-corrected chi connectivity index (χ0v) is 61.7. The maximum atomic E-state index is 15.7. The number of hydrogen-bond acceptors (Lipinski definition) is 18. The van der Waals surface area contributed by atoms with Gasteiger partial charge in [0.1, 0.15) is 19.8 Å². The molecule has 36 heteroatoms. The first-order chi connectivity index (χ1) is 37.9. The van der Waals surface area contributed by atoms with Gasteiger partial charge in [0.2, 0.25) is 29.5 Å². The van der Waals surface area contributed by atoms with E-state index >= 15 is 14.4 Å². The van der Waals surface area contributed by atoms with Crippen LogP contribution < -0.4 is 16.0 Å². The molecule has 0 radical (unpaired) electrons. The van der Waals surface area contributed by atoms with E-state index in [4.69, 9.17) is 0 Å². The Hall–Kier alpha value is -0.380. The number of alkyl halides is 2. The van der Waals surface area contributed by atoms with Gasteiger partial charge in [-0.2, -0.15) is 0 Å². The number of rotatable bonds is 21. The smallest absolute Gasteiger partial charge is 0.258 e. The Kier molecular flexibility index (Phi) is 29.5. The molecule has 27 nitrogen and oxygen atoms in total. The van der Waals surface area contributed by atoms with Crippen LogP contribution in [0.3, 0.4) is 0 Å². The highest BCUT2D eigenvalue weighted by Crippen LogP contribution is 2.48. The number of nitrogens with zero attached hydrogens (tertiary/aromatic N) is 6. The number of likely N-dealkylation sites (N-methyl/N-ethyl adjacent to an activating group) is 3. The zero-order valence-electron chi connectivity index (χ0n) is 42.3. The summed E-state index contributed by atoms with van der Waals surface area (Å²) in [6.07, 6.45) is -4.12. The molecule has 0 saturated carbocycles. The van der Waals surface area contributed by atoms with E-state index in [0.29, 0.717) is 0 Å². The number of halogens is 9. The molecule has 3 aliphatic rings. The van der Waals surface area contributed by atoms with Gasteiger partial charge in [0.05, 0.1) is 113 Å². The summed E-state index contributed by atoms with van der Waals surface area (Å²) in [4.78, 5) is 135. The quantitative estimate of drug-likeness (QED) is 0.0531. The van der Waals surface area contributed by atoms with E-state index in [1.54, 1.807) is 136 Å². The summed E-state index contributed by atoms with van der Waals surface area (Å²) >= 11 is 16.2. The summed E-state index contributed by atoms with van der Waals surface area (Å²) in [5, 5.41) is 96.8. The molecule has 7 atom stereocenters. The lowest BCUT2D eigenvalue weighted by molar-refractivity contribution is -0.149. The van der Waals surface area contributed by atoms with Crippen molar-refractivity contribution in [3.8, 4) is 0 Å². The largest absolute Gasteiger partial charge is 0.394 e. The molecule has 1 aliphatic heterocycles. The van der Waals surface area contributed by atoms with Crippen molar-refractivity contribution in [1.82, 2.24) is 40.0 Å². The van der Waals surface area contributed by atoms with Crippen molar-refractivity contribution in [1.29, 1.82) is 0 Å². The number of amides is 9. The van der Waals surface area contributed by atoms with E-state index in [2.05, 4.69) is 16.0 Å². The molecule has 4 rings (SSSR count). The normalized spacial score (nSPS) is 19.7. The second-order valence-electron chi connectivity index (χ2n) is 17.9. The van der Waals surface area contributed by atoms with Crippen LogP contribution >= 0.6 is 203 Å². The number of nitrogens with one attached hydrogen (secondary N) is 3. The third-order valence-electron chi connectivity index (χ3n) is 12.1. The van der Waals surface area contributed by atoms with Gasteiger partial charge in [-0.1, -0.05) is 45.2 Å². The fraction of sp³-hybridized carbons (Fsp3) is 0.489. The highest BCUT2D eigenvalue weighted by Gasteiger charge is 2.49. The van der Waals surface area contributed by atoms with Crippen molar-refractivity contribution in [2.24, 2.45) is 11.8 Å². The second kappa shape index (κ2) is 32.7. The Bertz CT molecular complexity index is 2840. The molecule has 0 bridgehead atoms. The van der Waals surface area contributed by atoms with Crippen molar-refractivity contribution in [3.05, 3.63) is 58.7 Å². The molecule has 0 aromatic heterocycles. The van der Waals surface area contributed by atoms with Crippen LogP contribution in [0.4, 0.5) is 5.69 Å². The summed E-state index contributed by atoms with van der Waals surface area (Å²) in [5.41, 5.74) is -0.796. The van der Waals surface area contributed by atoms with Gasteiger partial charge in [0, 0.05) is 69.9 Å². The monoisotopic (exact) mass is 2150 g/mol. The third-order valence-corrected chi connectivity index (χ3v) is 22.7. The lowest BCUT2D eigenvalue weighted by Gasteiger charge is -2.45. The van der Waals surface area contributed by atoms with E-state index in [-0.39, 0.29) is 84.0 Å². The second-order valence-corrected chi connectivity index (χ2v) is 28.3. The summed E-state index contributed by atoms with van der Waals surface area (Å²) in [6.45, 7) is -8.17. The van der Waals surface area contributed by atoms with Crippen molar-refractivity contribution in [2.45, 2.75) is 26.2 Å². The van der Waals surface area contributed by atoms with Crippen molar-refractivity contribution >= 4 is 262 Å². The molecule has 2 aliphatic carbocycles. The topological polar surface area (TPSA) is 391 Å². The van der Waals surface area contributed by atoms with Gasteiger partial charge in [-0.3, -0.25) is 43.2 Å². The fourth-order valence-electron chi connectivity index (χ4n) is 8.10. The Morgan fingerprint density at radius 1 is 0.531 bits per heavy atom. The van der Waals surface area contributed by atoms with Gasteiger partial charge in [0.25, 0.3) is 23.6 Å². The van der Waals surface area contributed by atoms with E-state index in [1.165, 1.54) is 21.1 Å². The van der Waals surface area contributed by atoms with Crippen LogP contribution in [0.5, 0.6) is 0 Å². The molecule has 1 aromatic rings. The number of benzene rings is 1. The maximum Gasteiger partial charge on any atom is 0.258 e. The predicted molar refractivity (Wildman–Crippen MR) is 364 cm³/mol. The predicted octanol–water partition coefficient (Wildman–Crippen LogP) is -0.780. The number of aliphatic hydroxyl groups excluding tert-OH is 9. The molecule has 12 N–H and O–H groups in total. The minimum atomic E-state index is -1.42. The lowest BCUT2D eigenvalue weighted by atomic mass is 9.90. The van der Waals surface area contributed by atoms with Crippen molar-refractivity contribution < 1.29 is 89.1 Å². The summed E-state index contributed by atoms with van der Waals surface area (Å²) in [6, 6.07) is 0. The maximum absolute atomic E-state index is 15.7. The highest BCUT2D eigenvalue weighted by atomic mass is 127. The molecule has 81 heavy (non-hydrogen) atoms. The van der Waals surface area contributed by atoms with Crippen LogP contribution in [0.15, 0.2) is 36.9 Å². The molecule has 1 fully saturated rings. The number of anilines is 1. The van der Waals surface area contributed by atoms with Gasteiger partial charge in [0.15, 0.2) is 0 Å². The first-order valence-corrected chi connectivity index (χ1v) is 33.2. The van der Waals surface area contributed by atoms with Crippen LogP contribution in [0.25, 0.3) is 0 Å². The van der Waals surface area contributed by atoms with E-state index in [0.717, 1.165) is 29.4 Å². The standard InChI is InChI=1S/C45H52I9N9O18/c1-58(4-16(70)7-64)40(76)22-28(46)25(34(52)37(31(22)49)55-19(73)10-67)43(79)61-13-62(44(80)26-29(47)23(41(77)59(2)5-17(71)8-65)32(50)38(35(26)53)56-20(74)11-68)15-63(14-61)45(81)27-30(48)24(42(78)60(3)6-18(72)9-66)33(51)39(36(27)54)57-21(75)12-69/h16-18,22,26,28,35,64-72H,4-15H2,1-3H3,(H,55,73)(H,56,74)(H,57,75). The average Bonchev–Trinajstić information content (AvgIpc) is 3.54. The Morgan fingerprint density at radius 3 is 1.48 bits per heavy atom. The summed E-state index contributed by atoms with van der Waals surface area (Å²) in [5.74, 6) is -10.4. The minimum absolute atomic E-state index is 0.0117. The van der Waals surface area contributed by atoms with Gasteiger partial charge in [-0.05, 0) is 158 Å². The number of allylic oxidation sites excluding steroid dienone is 2. The number of hydrogen-bond donors (Lipinski definition) is 12. The van der Waals surface area contributed by atoms with Crippen LogP contribution in [0.2, 0.25) is 0 Å². The minimum Gasteiger partial charge on any atom is -0.394 e. The Morgan fingerprint density at radius 2 is 0.975 bits per heavy atom. The molecule has 9 amide bonds. The molecule has 1 aromatic carbocycles. The van der Waals surface area contributed by atoms with Gasteiger partial charge in [-0.25, -0.2) is 0 Å². The molecule has 448 valence electrons. The molecule has 7 unspecified atom stereocenters. The summed E-state index contributed by atoms with van der Waals surface area (Å²) < 4.78 is -1.49. The molecular weight excluding hydrogens is 2100 g/mol. The van der Waals surface area contributed by atoms with Crippen LogP contribution in [0, 0.1) is 22.5 Å². The molecule has 1 saturated heterocycles. The van der Waals surface area contributed by atoms with Crippen molar-refractivity contribution in [2.75, 3.05) is 106 Å². The van der Waals surface area contributed by atoms with E-state index in [9.17, 15) is 74.7 Å².